The van der Waals surface area contributed by atoms with Crippen molar-refractivity contribution in [3.63, 3.8) is 0 Å². The van der Waals surface area contributed by atoms with Crippen molar-refractivity contribution < 1.29 is 14.3 Å². The summed E-state index contributed by atoms with van der Waals surface area (Å²) in [6.45, 7) is 13.5. The number of piperidine rings is 1. The van der Waals surface area contributed by atoms with Gasteiger partial charge in [-0.3, -0.25) is 9.59 Å². The molecule has 1 atom stereocenters. The Balaban J connectivity index is 1.63. The van der Waals surface area contributed by atoms with E-state index in [9.17, 15) is 9.59 Å². The minimum atomic E-state index is -0.229. The normalized spacial score (nSPS) is 15.8. The van der Waals surface area contributed by atoms with E-state index < -0.39 is 0 Å². The largest absolute Gasteiger partial charge is 0.466 e. The molecule has 34 heavy (non-hydrogen) atoms. The number of esters is 1. The summed E-state index contributed by atoms with van der Waals surface area (Å²) in [4.78, 5) is 38.6. The van der Waals surface area contributed by atoms with Crippen LogP contribution in [-0.2, 0) is 15.3 Å². The topological polar surface area (TPSA) is 75.6 Å². The molecule has 1 aromatic heterocycles. The number of aryl methyl sites for hydroxylation is 1. The van der Waals surface area contributed by atoms with Gasteiger partial charge in [-0.2, -0.15) is 0 Å². The van der Waals surface area contributed by atoms with Crippen molar-refractivity contribution in [3.05, 3.63) is 46.6 Å². The third-order valence-corrected chi connectivity index (χ3v) is 7.22. The van der Waals surface area contributed by atoms with Crippen LogP contribution in [0.15, 0.2) is 29.4 Å². The minimum absolute atomic E-state index is 0.0328. The summed E-state index contributed by atoms with van der Waals surface area (Å²) in [5, 5.41) is 0.767. The molecule has 1 fully saturated rings. The van der Waals surface area contributed by atoms with Crippen molar-refractivity contribution >= 4 is 29.5 Å². The number of hydrogen-bond acceptors (Lipinski definition) is 7. The molecule has 2 aromatic rings. The number of carbonyl (C=O) groups excluding carboxylic acids is 2. The third kappa shape index (κ3) is 6.29. The first kappa shape index (κ1) is 26.0. The van der Waals surface area contributed by atoms with Crippen LogP contribution in [0.2, 0.25) is 0 Å². The molecule has 0 N–H and O–H groups in total. The fraction of sp³-hybridized carbons (Fsp3) is 0.538. The first-order valence-corrected chi connectivity index (χ1v) is 13.1. The monoisotopic (exact) mass is 484 g/mol. The molecule has 3 rings (SSSR count). The molecule has 1 aliphatic rings. The van der Waals surface area contributed by atoms with Crippen LogP contribution in [0.5, 0.6) is 0 Å². The van der Waals surface area contributed by atoms with Gasteiger partial charge < -0.3 is 14.5 Å². The summed E-state index contributed by atoms with van der Waals surface area (Å²) in [6.07, 6.45) is 1.59. The first-order chi connectivity index (χ1) is 16.4. The lowest BCUT2D eigenvalue weighted by atomic mass is 9.97. The van der Waals surface area contributed by atoms with Crippen LogP contribution in [0.3, 0.4) is 0 Å². The maximum atomic E-state index is 13.0. The van der Waals surface area contributed by atoms with Crippen LogP contribution >= 0.6 is 11.8 Å². The highest BCUT2D eigenvalue weighted by molar-refractivity contribution is 7.98. The zero-order chi connectivity index (χ0) is 24.7. The minimum Gasteiger partial charge on any atom is -0.466 e. The molecule has 8 heteroatoms. The van der Waals surface area contributed by atoms with Crippen molar-refractivity contribution in [1.82, 2.24) is 14.9 Å². The standard InChI is InChI=1S/C26H36N4O3S/c1-6-29(7-2)23-18(4)19(5)27-26(28-23)34-17-20-11-13-21(14-12-20)24(31)30-15-9-10-22(16-30)25(32)33-8-3/h11-14,22H,6-10,15-17H2,1-5H3/t22-/m1/s1. The zero-order valence-corrected chi connectivity index (χ0v) is 21.8. The second kappa shape index (κ2) is 12.2. The van der Waals surface area contributed by atoms with Gasteiger partial charge >= 0.3 is 5.97 Å². The molecule has 0 radical (unpaired) electrons. The van der Waals surface area contributed by atoms with E-state index in [4.69, 9.17) is 9.72 Å². The summed E-state index contributed by atoms with van der Waals surface area (Å²) in [6, 6.07) is 7.71. The Morgan fingerprint density at radius 2 is 1.82 bits per heavy atom. The summed E-state index contributed by atoms with van der Waals surface area (Å²) in [7, 11) is 0. The van der Waals surface area contributed by atoms with Gasteiger partial charge in [0.1, 0.15) is 5.82 Å². The Hall–Kier alpha value is -2.61. The van der Waals surface area contributed by atoms with Gasteiger partial charge in [0.25, 0.3) is 5.91 Å². The fourth-order valence-corrected chi connectivity index (χ4v) is 5.01. The number of anilines is 1. The van der Waals surface area contributed by atoms with E-state index in [0.717, 1.165) is 59.5 Å². The van der Waals surface area contributed by atoms with Crippen molar-refractivity contribution in [2.45, 2.75) is 58.4 Å². The maximum absolute atomic E-state index is 13.0. The van der Waals surface area contributed by atoms with E-state index in [1.54, 1.807) is 23.6 Å². The molecular formula is C26H36N4O3S. The van der Waals surface area contributed by atoms with E-state index in [0.29, 0.717) is 25.3 Å². The van der Waals surface area contributed by atoms with Gasteiger partial charge in [-0.05, 0) is 65.2 Å². The second-order valence-electron chi connectivity index (χ2n) is 8.54. The summed E-state index contributed by atoms with van der Waals surface area (Å²) in [5.74, 6) is 1.26. The SMILES string of the molecule is CCOC(=O)[C@@H]1CCCN(C(=O)c2ccc(CSc3nc(C)c(C)c(N(CC)CC)n3)cc2)C1. The molecule has 1 amide bonds. The lowest BCUT2D eigenvalue weighted by Gasteiger charge is -2.31. The Morgan fingerprint density at radius 3 is 2.47 bits per heavy atom. The number of ether oxygens (including phenoxy) is 1. The molecular weight excluding hydrogens is 448 g/mol. The summed E-state index contributed by atoms with van der Waals surface area (Å²) in [5.41, 5.74) is 3.88. The van der Waals surface area contributed by atoms with Crippen LogP contribution in [-0.4, -0.2) is 59.5 Å². The molecule has 0 saturated carbocycles. The van der Waals surface area contributed by atoms with Gasteiger partial charge in [0.05, 0.1) is 12.5 Å². The average molecular weight is 485 g/mol. The Bertz CT molecular complexity index is 992. The zero-order valence-electron chi connectivity index (χ0n) is 21.0. The van der Waals surface area contributed by atoms with E-state index in [1.807, 2.05) is 31.2 Å². The quantitative estimate of drug-likeness (QED) is 0.291. The fourth-order valence-electron chi connectivity index (χ4n) is 4.17. The Labute approximate surface area is 207 Å². The van der Waals surface area contributed by atoms with E-state index in [2.05, 4.69) is 30.7 Å². The van der Waals surface area contributed by atoms with Crippen molar-refractivity contribution in [2.24, 2.45) is 5.92 Å². The van der Waals surface area contributed by atoms with Crippen molar-refractivity contribution in [2.75, 3.05) is 37.7 Å². The van der Waals surface area contributed by atoms with Gasteiger partial charge in [0.15, 0.2) is 5.16 Å². The molecule has 1 aliphatic heterocycles. The highest BCUT2D eigenvalue weighted by Crippen LogP contribution is 2.26. The number of thioether (sulfide) groups is 1. The molecule has 1 saturated heterocycles. The predicted octanol–water partition coefficient (Wildman–Crippen LogP) is 4.65. The Morgan fingerprint density at radius 1 is 1.12 bits per heavy atom. The van der Waals surface area contributed by atoms with Gasteiger partial charge in [0.2, 0.25) is 0 Å². The molecule has 0 aliphatic carbocycles. The maximum Gasteiger partial charge on any atom is 0.310 e. The number of benzene rings is 1. The lowest BCUT2D eigenvalue weighted by molar-refractivity contribution is -0.149. The first-order valence-electron chi connectivity index (χ1n) is 12.2. The van der Waals surface area contributed by atoms with E-state index in [1.165, 1.54) is 0 Å². The average Bonchev–Trinajstić information content (AvgIpc) is 2.86. The predicted molar refractivity (Wildman–Crippen MR) is 136 cm³/mol. The number of carbonyl (C=O) groups is 2. The molecule has 0 bridgehead atoms. The van der Waals surface area contributed by atoms with Gasteiger partial charge in [0, 0.05) is 48.8 Å². The van der Waals surface area contributed by atoms with Gasteiger partial charge in [-0.1, -0.05) is 23.9 Å². The van der Waals surface area contributed by atoms with Crippen molar-refractivity contribution in [3.8, 4) is 0 Å². The van der Waals surface area contributed by atoms with Crippen LogP contribution in [0.1, 0.15) is 60.8 Å². The highest BCUT2D eigenvalue weighted by atomic mass is 32.2. The number of amides is 1. The van der Waals surface area contributed by atoms with E-state index in [-0.39, 0.29) is 17.8 Å². The molecule has 1 aromatic carbocycles. The highest BCUT2D eigenvalue weighted by Gasteiger charge is 2.29. The van der Waals surface area contributed by atoms with Crippen LogP contribution in [0, 0.1) is 19.8 Å². The number of nitrogens with zero attached hydrogens (tertiary/aromatic N) is 4. The molecule has 184 valence electrons. The smallest absolute Gasteiger partial charge is 0.310 e. The van der Waals surface area contributed by atoms with Gasteiger partial charge in [-0.15, -0.1) is 0 Å². The van der Waals surface area contributed by atoms with Gasteiger partial charge in [-0.25, -0.2) is 9.97 Å². The van der Waals surface area contributed by atoms with Crippen LogP contribution < -0.4 is 4.90 Å². The van der Waals surface area contributed by atoms with Crippen molar-refractivity contribution in [1.29, 1.82) is 0 Å². The number of likely N-dealkylation sites (tertiary alicyclic amines) is 1. The third-order valence-electron chi connectivity index (χ3n) is 6.30. The second-order valence-corrected chi connectivity index (χ2v) is 9.48. The summed E-state index contributed by atoms with van der Waals surface area (Å²) < 4.78 is 5.15. The molecule has 2 heterocycles. The molecule has 0 spiro atoms. The number of rotatable bonds is 9. The van der Waals surface area contributed by atoms with Crippen LogP contribution in [0.25, 0.3) is 0 Å². The Kier molecular flexibility index (Phi) is 9.33. The van der Waals surface area contributed by atoms with Crippen LogP contribution in [0.4, 0.5) is 5.82 Å². The van der Waals surface area contributed by atoms with E-state index >= 15 is 0 Å². The number of aromatic nitrogens is 2. The molecule has 0 unspecified atom stereocenters. The summed E-state index contributed by atoms with van der Waals surface area (Å²) >= 11 is 1.60. The number of hydrogen-bond donors (Lipinski definition) is 0. The lowest BCUT2D eigenvalue weighted by Crippen LogP contribution is -2.42. The molecule has 7 nitrogen and oxygen atoms in total.